The quantitative estimate of drug-likeness (QED) is 0.701. The Morgan fingerprint density at radius 2 is 1.80 bits per heavy atom. The van der Waals surface area contributed by atoms with E-state index in [0.29, 0.717) is 17.8 Å². The van der Waals surface area contributed by atoms with Crippen LogP contribution in [0.15, 0.2) is 4.34 Å². The van der Waals surface area contributed by atoms with Crippen molar-refractivity contribution < 1.29 is 4.79 Å². The molecule has 7 heteroatoms. The number of nitrogens with zero attached hydrogens (tertiary/aromatic N) is 3. The molecule has 2 saturated carbocycles. The van der Waals surface area contributed by atoms with Crippen LogP contribution in [0.25, 0.3) is 0 Å². The van der Waals surface area contributed by atoms with Crippen LogP contribution in [0.4, 0.5) is 5.13 Å². The van der Waals surface area contributed by atoms with Gasteiger partial charge < -0.3 is 10.2 Å². The standard InChI is InChI=1S/C18H30N4OS2/c1-2-22(15-11-7-4-8-12-15)16(23)13-24-18-21-20-17(25-18)19-14-9-5-3-6-10-14/h14-15H,2-13H2,1H3,(H,19,20). The van der Waals surface area contributed by atoms with E-state index in [1.807, 2.05) is 0 Å². The lowest BCUT2D eigenvalue weighted by atomic mass is 9.94. The summed E-state index contributed by atoms with van der Waals surface area (Å²) >= 11 is 3.12. The van der Waals surface area contributed by atoms with Crippen LogP contribution < -0.4 is 5.32 Å². The highest BCUT2D eigenvalue weighted by Crippen LogP contribution is 2.29. The molecule has 1 heterocycles. The van der Waals surface area contributed by atoms with Crippen molar-refractivity contribution in [1.82, 2.24) is 15.1 Å². The first-order valence-corrected chi connectivity index (χ1v) is 11.6. The average Bonchev–Trinajstić information content (AvgIpc) is 3.10. The van der Waals surface area contributed by atoms with E-state index in [1.165, 1.54) is 76.0 Å². The maximum absolute atomic E-state index is 12.6. The van der Waals surface area contributed by atoms with Gasteiger partial charge in [0.15, 0.2) is 4.34 Å². The van der Waals surface area contributed by atoms with Gasteiger partial charge >= 0.3 is 0 Å². The molecule has 1 amide bonds. The second-order valence-corrected chi connectivity index (χ2v) is 9.31. The summed E-state index contributed by atoms with van der Waals surface area (Å²) in [5, 5.41) is 12.9. The number of anilines is 1. The molecule has 0 atom stereocenters. The molecule has 1 N–H and O–H groups in total. The molecule has 0 bridgehead atoms. The van der Waals surface area contributed by atoms with Crippen molar-refractivity contribution >= 4 is 34.1 Å². The van der Waals surface area contributed by atoms with Crippen molar-refractivity contribution in [3.8, 4) is 0 Å². The number of hydrogen-bond donors (Lipinski definition) is 1. The number of amides is 1. The van der Waals surface area contributed by atoms with Gasteiger partial charge in [-0.3, -0.25) is 4.79 Å². The van der Waals surface area contributed by atoms with Crippen LogP contribution in [0.3, 0.4) is 0 Å². The van der Waals surface area contributed by atoms with Crippen LogP contribution in [-0.4, -0.2) is 45.4 Å². The molecule has 0 spiro atoms. The van der Waals surface area contributed by atoms with Crippen LogP contribution in [-0.2, 0) is 4.79 Å². The molecule has 140 valence electrons. The molecule has 0 saturated heterocycles. The topological polar surface area (TPSA) is 58.1 Å². The summed E-state index contributed by atoms with van der Waals surface area (Å²) in [5.41, 5.74) is 0. The molecule has 1 aromatic heterocycles. The lowest BCUT2D eigenvalue weighted by Gasteiger charge is -2.33. The maximum atomic E-state index is 12.6. The predicted molar refractivity (Wildman–Crippen MR) is 105 cm³/mol. The zero-order chi connectivity index (χ0) is 17.5. The third-order valence-corrected chi connectivity index (χ3v) is 7.31. The highest BCUT2D eigenvalue weighted by Gasteiger charge is 2.24. The molecule has 1 aromatic rings. The summed E-state index contributed by atoms with van der Waals surface area (Å²) < 4.78 is 0.895. The molecular weight excluding hydrogens is 352 g/mol. The van der Waals surface area contributed by atoms with Crippen LogP contribution in [0.5, 0.6) is 0 Å². The molecule has 0 aliphatic heterocycles. The fourth-order valence-corrected chi connectivity index (χ4v) is 5.70. The third-order valence-electron chi connectivity index (χ3n) is 5.33. The Bertz CT molecular complexity index is 539. The minimum atomic E-state index is 0.247. The van der Waals surface area contributed by atoms with Gasteiger partial charge in [-0.25, -0.2) is 0 Å². The van der Waals surface area contributed by atoms with Crippen molar-refractivity contribution in [3.63, 3.8) is 0 Å². The molecule has 3 rings (SSSR count). The molecule has 2 fully saturated rings. The Labute approximate surface area is 159 Å². The molecule has 2 aliphatic rings. The molecule has 0 radical (unpaired) electrons. The normalized spacial score (nSPS) is 19.7. The number of hydrogen-bond acceptors (Lipinski definition) is 6. The van der Waals surface area contributed by atoms with Crippen LogP contribution >= 0.6 is 23.1 Å². The van der Waals surface area contributed by atoms with Gasteiger partial charge in [-0.05, 0) is 32.6 Å². The van der Waals surface area contributed by atoms with E-state index in [1.54, 1.807) is 11.3 Å². The number of thioether (sulfide) groups is 1. The van der Waals surface area contributed by atoms with E-state index in [2.05, 4.69) is 27.3 Å². The summed E-state index contributed by atoms with van der Waals surface area (Å²) in [6.07, 6.45) is 12.6. The minimum Gasteiger partial charge on any atom is -0.357 e. The predicted octanol–water partition coefficient (Wildman–Crippen LogP) is 4.56. The lowest BCUT2D eigenvalue weighted by Crippen LogP contribution is -2.42. The van der Waals surface area contributed by atoms with Crippen molar-refractivity contribution in [2.75, 3.05) is 17.6 Å². The fourth-order valence-electron chi connectivity index (χ4n) is 3.99. The summed E-state index contributed by atoms with van der Waals surface area (Å²) in [7, 11) is 0. The van der Waals surface area contributed by atoms with Gasteiger partial charge in [0.05, 0.1) is 5.75 Å². The van der Waals surface area contributed by atoms with E-state index in [4.69, 9.17) is 0 Å². The van der Waals surface area contributed by atoms with E-state index in [9.17, 15) is 4.79 Å². The first kappa shape index (κ1) is 19.0. The van der Waals surface area contributed by atoms with E-state index in [-0.39, 0.29) is 5.91 Å². The Morgan fingerprint density at radius 1 is 1.12 bits per heavy atom. The van der Waals surface area contributed by atoms with Crippen molar-refractivity contribution in [1.29, 1.82) is 0 Å². The maximum Gasteiger partial charge on any atom is 0.233 e. The lowest BCUT2D eigenvalue weighted by molar-refractivity contribution is -0.131. The summed E-state index contributed by atoms with van der Waals surface area (Å²) in [6.45, 7) is 2.91. The van der Waals surface area contributed by atoms with Gasteiger partial charge in [-0.1, -0.05) is 61.6 Å². The average molecular weight is 383 g/mol. The van der Waals surface area contributed by atoms with Gasteiger partial charge in [0.25, 0.3) is 0 Å². The third kappa shape index (κ3) is 5.58. The molecular formula is C18H30N4OS2. The van der Waals surface area contributed by atoms with E-state index < -0.39 is 0 Å². The Morgan fingerprint density at radius 3 is 2.48 bits per heavy atom. The number of aromatic nitrogens is 2. The Kier molecular flexibility index (Phi) is 7.40. The van der Waals surface area contributed by atoms with Crippen molar-refractivity contribution in [2.45, 2.75) is 87.6 Å². The van der Waals surface area contributed by atoms with Crippen LogP contribution in [0.1, 0.15) is 71.1 Å². The van der Waals surface area contributed by atoms with E-state index in [0.717, 1.165) is 16.0 Å². The van der Waals surface area contributed by atoms with Gasteiger partial charge in [-0.2, -0.15) is 0 Å². The van der Waals surface area contributed by atoms with E-state index >= 15 is 0 Å². The molecule has 25 heavy (non-hydrogen) atoms. The SMILES string of the molecule is CCN(C(=O)CSc1nnc(NC2CCCCC2)s1)C1CCCCC1. The highest BCUT2D eigenvalue weighted by molar-refractivity contribution is 8.01. The van der Waals surface area contributed by atoms with Crippen LogP contribution in [0.2, 0.25) is 0 Å². The Hall–Kier alpha value is -0.820. The minimum absolute atomic E-state index is 0.247. The number of nitrogens with one attached hydrogen (secondary N) is 1. The number of rotatable bonds is 7. The number of carbonyl (C=O) groups excluding carboxylic acids is 1. The fraction of sp³-hybridized carbons (Fsp3) is 0.833. The number of carbonyl (C=O) groups is 1. The van der Waals surface area contributed by atoms with Crippen molar-refractivity contribution in [3.05, 3.63) is 0 Å². The van der Waals surface area contributed by atoms with Gasteiger partial charge in [0.2, 0.25) is 11.0 Å². The smallest absolute Gasteiger partial charge is 0.233 e. The molecule has 0 aromatic carbocycles. The largest absolute Gasteiger partial charge is 0.357 e. The zero-order valence-corrected chi connectivity index (χ0v) is 16.8. The summed E-state index contributed by atoms with van der Waals surface area (Å²) in [4.78, 5) is 14.7. The second kappa shape index (κ2) is 9.76. The van der Waals surface area contributed by atoms with Gasteiger partial charge in [-0.15, -0.1) is 10.2 Å². The molecule has 5 nitrogen and oxygen atoms in total. The Balaban J connectivity index is 1.46. The van der Waals surface area contributed by atoms with Crippen LogP contribution in [0, 0.1) is 0 Å². The first-order chi connectivity index (χ1) is 12.3. The summed E-state index contributed by atoms with van der Waals surface area (Å²) in [5.74, 6) is 0.721. The van der Waals surface area contributed by atoms with Gasteiger partial charge in [0.1, 0.15) is 0 Å². The summed E-state index contributed by atoms with van der Waals surface area (Å²) in [6, 6.07) is 0.993. The molecule has 0 unspecified atom stereocenters. The first-order valence-electron chi connectivity index (χ1n) is 9.78. The molecule has 2 aliphatic carbocycles. The van der Waals surface area contributed by atoms with Gasteiger partial charge in [0, 0.05) is 18.6 Å². The second-order valence-electron chi connectivity index (χ2n) is 7.11. The van der Waals surface area contributed by atoms with Crippen molar-refractivity contribution in [2.24, 2.45) is 0 Å². The zero-order valence-electron chi connectivity index (χ0n) is 15.2. The highest BCUT2D eigenvalue weighted by atomic mass is 32.2. The monoisotopic (exact) mass is 382 g/mol.